The van der Waals surface area contributed by atoms with Gasteiger partial charge in [-0.2, -0.15) is 12.6 Å². The summed E-state index contributed by atoms with van der Waals surface area (Å²) in [5.74, 6) is 1.83. The minimum atomic E-state index is 0.422. The first kappa shape index (κ1) is 14.3. The number of hydrogen-bond acceptors (Lipinski definition) is 3. The lowest BCUT2D eigenvalue weighted by molar-refractivity contribution is 0.103. The van der Waals surface area contributed by atoms with Crippen molar-refractivity contribution in [3.63, 3.8) is 0 Å². The summed E-state index contributed by atoms with van der Waals surface area (Å²) >= 11 is 4.23. The number of nitrogens with one attached hydrogen (secondary N) is 1. The van der Waals surface area contributed by atoms with Crippen LogP contribution in [-0.2, 0) is 0 Å². The Morgan fingerprint density at radius 3 is 2.81 bits per heavy atom. The quantitative estimate of drug-likeness (QED) is 0.550. The molecule has 1 fully saturated rings. The van der Waals surface area contributed by atoms with Crippen molar-refractivity contribution in [2.45, 2.75) is 33.1 Å². The SMILES string of the molecule is CN1CCCC(C(C)(C)CNCCCS)C1. The highest BCUT2D eigenvalue weighted by Crippen LogP contribution is 2.32. The summed E-state index contributed by atoms with van der Waals surface area (Å²) < 4.78 is 0. The first-order valence-electron chi connectivity index (χ1n) is 6.56. The summed E-state index contributed by atoms with van der Waals surface area (Å²) in [6, 6.07) is 0. The molecule has 0 aromatic heterocycles. The van der Waals surface area contributed by atoms with E-state index >= 15 is 0 Å². The normalized spacial score (nSPS) is 23.6. The highest BCUT2D eigenvalue weighted by Gasteiger charge is 2.31. The molecule has 1 aliphatic rings. The van der Waals surface area contributed by atoms with E-state index in [4.69, 9.17) is 0 Å². The van der Waals surface area contributed by atoms with Gasteiger partial charge in [-0.15, -0.1) is 0 Å². The predicted molar refractivity (Wildman–Crippen MR) is 75.3 cm³/mol. The van der Waals surface area contributed by atoms with E-state index in [1.807, 2.05) is 0 Å². The molecule has 1 saturated heterocycles. The minimum Gasteiger partial charge on any atom is -0.316 e. The van der Waals surface area contributed by atoms with E-state index in [-0.39, 0.29) is 0 Å². The zero-order valence-electron chi connectivity index (χ0n) is 11.1. The van der Waals surface area contributed by atoms with Gasteiger partial charge < -0.3 is 10.2 Å². The predicted octanol–water partition coefficient (Wildman–Crippen LogP) is 2.26. The van der Waals surface area contributed by atoms with Gasteiger partial charge in [0.25, 0.3) is 0 Å². The molecule has 0 amide bonds. The van der Waals surface area contributed by atoms with Gasteiger partial charge in [-0.05, 0) is 56.5 Å². The van der Waals surface area contributed by atoms with Gasteiger partial charge >= 0.3 is 0 Å². The molecule has 16 heavy (non-hydrogen) atoms. The molecule has 3 heteroatoms. The smallest absolute Gasteiger partial charge is 0.00122 e. The number of thiol groups is 1. The fourth-order valence-electron chi connectivity index (χ4n) is 2.56. The Bertz CT molecular complexity index is 194. The van der Waals surface area contributed by atoms with Crippen molar-refractivity contribution < 1.29 is 0 Å². The Morgan fingerprint density at radius 1 is 1.44 bits per heavy atom. The van der Waals surface area contributed by atoms with Crippen molar-refractivity contribution in [3.05, 3.63) is 0 Å². The van der Waals surface area contributed by atoms with Crippen LogP contribution in [0.2, 0.25) is 0 Å². The monoisotopic (exact) mass is 244 g/mol. The Hall–Kier alpha value is 0.270. The third kappa shape index (κ3) is 4.64. The van der Waals surface area contributed by atoms with Gasteiger partial charge in [0, 0.05) is 13.1 Å². The molecule has 0 aromatic carbocycles. The maximum atomic E-state index is 4.23. The highest BCUT2D eigenvalue weighted by atomic mass is 32.1. The lowest BCUT2D eigenvalue weighted by atomic mass is 9.74. The van der Waals surface area contributed by atoms with Gasteiger partial charge in [0.05, 0.1) is 0 Å². The fourth-order valence-corrected chi connectivity index (χ4v) is 2.72. The van der Waals surface area contributed by atoms with Crippen LogP contribution in [-0.4, -0.2) is 43.9 Å². The number of nitrogens with zero attached hydrogens (tertiary/aromatic N) is 1. The second-order valence-corrected chi connectivity index (χ2v) is 6.29. The van der Waals surface area contributed by atoms with Crippen molar-refractivity contribution in [3.8, 4) is 0 Å². The van der Waals surface area contributed by atoms with Crippen LogP contribution in [0, 0.1) is 11.3 Å². The molecule has 1 aliphatic heterocycles. The number of piperidine rings is 1. The van der Waals surface area contributed by atoms with E-state index in [1.54, 1.807) is 0 Å². The molecule has 2 nitrogen and oxygen atoms in total. The van der Waals surface area contributed by atoms with Crippen molar-refractivity contribution >= 4 is 12.6 Å². The molecule has 96 valence electrons. The number of hydrogen-bond donors (Lipinski definition) is 2. The summed E-state index contributed by atoms with van der Waals surface area (Å²) in [5, 5.41) is 3.57. The van der Waals surface area contributed by atoms with Crippen molar-refractivity contribution in [2.24, 2.45) is 11.3 Å². The molecule has 1 N–H and O–H groups in total. The molecule has 1 heterocycles. The molecule has 0 radical (unpaired) electrons. The zero-order chi connectivity index (χ0) is 12.0. The Kier molecular flexibility index (Phi) is 6.16. The van der Waals surface area contributed by atoms with Gasteiger partial charge in [-0.1, -0.05) is 13.8 Å². The van der Waals surface area contributed by atoms with E-state index in [1.165, 1.54) is 32.4 Å². The zero-order valence-corrected chi connectivity index (χ0v) is 12.0. The highest BCUT2D eigenvalue weighted by molar-refractivity contribution is 7.80. The van der Waals surface area contributed by atoms with Crippen molar-refractivity contribution in [2.75, 3.05) is 39.0 Å². The van der Waals surface area contributed by atoms with Gasteiger partial charge in [-0.25, -0.2) is 0 Å². The van der Waals surface area contributed by atoms with E-state index in [2.05, 4.69) is 43.7 Å². The maximum absolute atomic E-state index is 4.23. The third-order valence-electron chi connectivity index (χ3n) is 3.82. The Balaban J connectivity index is 2.30. The Labute approximate surface area is 107 Å². The summed E-state index contributed by atoms with van der Waals surface area (Å²) in [5.41, 5.74) is 0.422. The topological polar surface area (TPSA) is 15.3 Å². The van der Waals surface area contributed by atoms with Crippen molar-refractivity contribution in [1.82, 2.24) is 10.2 Å². The minimum absolute atomic E-state index is 0.422. The molecule has 1 atom stereocenters. The van der Waals surface area contributed by atoms with Crippen LogP contribution in [0.15, 0.2) is 0 Å². The lowest BCUT2D eigenvalue weighted by Crippen LogP contribution is -2.44. The fraction of sp³-hybridized carbons (Fsp3) is 1.00. The molecule has 0 aromatic rings. The van der Waals surface area contributed by atoms with Crippen LogP contribution in [0.4, 0.5) is 0 Å². The van der Waals surface area contributed by atoms with Gasteiger partial charge in [0.15, 0.2) is 0 Å². The standard InChI is InChI=1S/C13H28N2S/c1-13(2,11-14-7-5-9-16)12-6-4-8-15(3)10-12/h12,14,16H,4-11H2,1-3H3. The van der Waals surface area contributed by atoms with Gasteiger partial charge in [0.2, 0.25) is 0 Å². The van der Waals surface area contributed by atoms with Crippen LogP contribution >= 0.6 is 12.6 Å². The summed E-state index contributed by atoms with van der Waals surface area (Å²) in [6.07, 6.45) is 3.93. The lowest BCUT2D eigenvalue weighted by Gasteiger charge is -2.40. The van der Waals surface area contributed by atoms with E-state index in [0.29, 0.717) is 5.41 Å². The Morgan fingerprint density at radius 2 is 2.19 bits per heavy atom. The van der Waals surface area contributed by atoms with E-state index < -0.39 is 0 Å². The summed E-state index contributed by atoms with van der Waals surface area (Å²) in [6.45, 7) is 9.60. The van der Waals surface area contributed by atoms with Crippen LogP contribution in [0.1, 0.15) is 33.1 Å². The van der Waals surface area contributed by atoms with Crippen LogP contribution < -0.4 is 5.32 Å². The molecule has 0 saturated carbocycles. The molecule has 0 bridgehead atoms. The molecule has 1 unspecified atom stereocenters. The number of likely N-dealkylation sites (tertiary alicyclic amines) is 1. The second kappa shape index (κ2) is 6.87. The van der Waals surface area contributed by atoms with Gasteiger partial charge in [0.1, 0.15) is 0 Å². The molecule has 1 rings (SSSR count). The molecule has 0 spiro atoms. The van der Waals surface area contributed by atoms with E-state index in [0.717, 1.165) is 24.8 Å². The van der Waals surface area contributed by atoms with E-state index in [9.17, 15) is 0 Å². The molecular weight excluding hydrogens is 216 g/mol. The van der Waals surface area contributed by atoms with Crippen molar-refractivity contribution in [1.29, 1.82) is 0 Å². The third-order valence-corrected chi connectivity index (χ3v) is 4.14. The van der Waals surface area contributed by atoms with Gasteiger partial charge in [-0.3, -0.25) is 0 Å². The largest absolute Gasteiger partial charge is 0.316 e. The molecule has 0 aliphatic carbocycles. The first-order valence-corrected chi connectivity index (χ1v) is 7.19. The first-order chi connectivity index (χ1) is 7.56. The maximum Gasteiger partial charge on any atom is 0.00122 e. The van der Waals surface area contributed by atoms with Crippen LogP contribution in [0.5, 0.6) is 0 Å². The average molecular weight is 244 g/mol. The number of rotatable bonds is 6. The average Bonchev–Trinajstić information content (AvgIpc) is 2.24. The summed E-state index contributed by atoms with van der Waals surface area (Å²) in [7, 11) is 2.25. The second-order valence-electron chi connectivity index (χ2n) is 5.84. The van der Waals surface area contributed by atoms with Crippen LogP contribution in [0.25, 0.3) is 0 Å². The summed E-state index contributed by atoms with van der Waals surface area (Å²) in [4.78, 5) is 2.48. The molecular formula is C13H28N2S. The van der Waals surface area contributed by atoms with Crippen LogP contribution in [0.3, 0.4) is 0 Å².